The summed E-state index contributed by atoms with van der Waals surface area (Å²) in [5, 5.41) is 24.3. The zero-order chi connectivity index (χ0) is 28.4. The van der Waals surface area contributed by atoms with E-state index in [9.17, 15) is 24.7 Å². The highest BCUT2D eigenvalue weighted by Gasteiger charge is 2.54. The number of nitrogens with zero attached hydrogens (tertiary/aromatic N) is 5. The number of oxime groups is 1. The van der Waals surface area contributed by atoms with Crippen molar-refractivity contribution in [3.05, 3.63) is 69.2 Å². The summed E-state index contributed by atoms with van der Waals surface area (Å²) in [6.07, 6.45) is 6.79. The van der Waals surface area contributed by atoms with Crippen LogP contribution < -0.4 is 11.1 Å². The molecule has 2 atom stereocenters. The first-order chi connectivity index (χ1) is 19.3. The van der Waals surface area contributed by atoms with E-state index in [2.05, 4.69) is 25.4 Å². The highest BCUT2D eigenvalue weighted by molar-refractivity contribution is 8.06. The van der Waals surface area contributed by atoms with Gasteiger partial charge in [0.05, 0.1) is 0 Å². The summed E-state index contributed by atoms with van der Waals surface area (Å²) in [6.45, 7) is 0. The molecule has 2 aliphatic rings. The van der Waals surface area contributed by atoms with E-state index in [0.717, 1.165) is 26.7 Å². The summed E-state index contributed by atoms with van der Waals surface area (Å²) >= 11 is 11.1. The molecule has 0 radical (unpaired) electrons. The first-order valence-corrected chi connectivity index (χ1v) is 15.3. The Morgan fingerprint density at radius 2 is 2.00 bits per heavy atom. The van der Waals surface area contributed by atoms with Gasteiger partial charge in [-0.25, -0.2) is 9.78 Å². The molecule has 2 aliphatic heterocycles. The third-order valence-corrected chi connectivity index (χ3v) is 10.5. The van der Waals surface area contributed by atoms with Crippen LogP contribution in [0.4, 0.5) is 5.13 Å². The first kappa shape index (κ1) is 28.2. The molecule has 0 bridgehead atoms. The molecule has 0 unspecified atom stereocenters. The van der Waals surface area contributed by atoms with Gasteiger partial charge in [0, 0.05) is 51.0 Å². The molecule has 206 valence electrons. The van der Waals surface area contributed by atoms with E-state index >= 15 is 0 Å². The third kappa shape index (κ3) is 5.62. The average Bonchev–Trinajstić information content (AvgIpc) is 3.28. The summed E-state index contributed by atoms with van der Waals surface area (Å²) < 4.78 is 0.0430. The molecular weight excluding hydrogens is 618 g/mol. The predicted octanol–water partition coefficient (Wildman–Crippen LogP) is 3.13. The number of anilines is 1. The van der Waals surface area contributed by atoms with Gasteiger partial charge in [-0.15, -0.1) is 23.5 Å². The lowest BCUT2D eigenvalue weighted by atomic mass is 10.0. The molecule has 0 saturated carbocycles. The van der Waals surface area contributed by atoms with E-state index in [0.29, 0.717) is 16.4 Å². The maximum Gasteiger partial charge on any atom is 0.353 e. The number of pyridine rings is 2. The Bertz CT molecular complexity index is 1550. The fourth-order valence-corrected chi connectivity index (χ4v) is 8.35. The Hall–Kier alpha value is -3.31. The molecule has 17 heteroatoms. The number of hydrogen-bond acceptors (Lipinski definition) is 13. The third-order valence-electron chi connectivity index (χ3n) is 5.70. The number of rotatable bonds is 9. The number of carbonyl (C=O) groups excluding carboxylic acids is 2. The average molecular weight is 636 g/mol. The molecule has 0 aromatic carbocycles. The Kier molecular flexibility index (Phi) is 8.51. The van der Waals surface area contributed by atoms with Crippen molar-refractivity contribution in [1.82, 2.24) is 25.2 Å². The number of β-lactam (4-membered cyclic amide) rings is 1. The van der Waals surface area contributed by atoms with Crippen LogP contribution in [0.15, 0.2) is 68.5 Å². The Morgan fingerprint density at radius 3 is 2.67 bits per heavy atom. The summed E-state index contributed by atoms with van der Waals surface area (Å²) in [4.78, 5) is 53.9. The lowest BCUT2D eigenvalue weighted by Crippen LogP contribution is -2.71. The number of halogens is 1. The van der Waals surface area contributed by atoms with E-state index < -0.39 is 34.9 Å². The molecule has 5 N–H and O–H groups in total. The van der Waals surface area contributed by atoms with Crippen LogP contribution in [0, 0.1) is 0 Å². The van der Waals surface area contributed by atoms with Gasteiger partial charge in [0.1, 0.15) is 27.1 Å². The normalized spacial score (nSPS) is 18.8. The topological polar surface area (TPSA) is 184 Å². The van der Waals surface area contributed by atoms with Gasteiger partial charge in [-0.1, -0.05) is 39.9 Å². The molecule has 5 rings (SSSR count). The number of aromatic nitrogens is 3. The van der Waals surface area contributed by atoms with E-state index in [-0.39, 0.29) is 20.9 Å². The number of hydrogen-bond donors (Lipinski definition) is 4. The number of aliphatic carboxylic acids is 1. The van der Waals surface area contributed by atoms with Gasteiger partial charge < -0.3 is 21.4 Å². The number of carbonyl (C=O) groups is 3. The number of thiazole rings is 1. The van der Waals surface area contributed by atoms with E-state index in [1.165, 1.54) is 28.4 Å². The molecule has 0 aliphatic carbocycles. The minimum Gasteiger partial charge on any atom is -0.477 e. The van der Waals surface area contributed by atoms with Gasteiger partial charge >= 0.3 is 5.97 Å². The monoisotopic (exact) mass is 635 g/mol. The first-order valence-electron chi connectivity index (χ1n) is 11.3. The zero-order valence-electron chi connectivity index (χ0n) is 20.1. The van der Waals surface area contributed by atoms with Gasteiger partial charge in [-0.2, -0.15) is 0 Å². The van der Waals surface area contributed by atoms with Crippen LogP contribution in [0.3, 0.4) is 0 Å². The summed E-state index contributed by atoms with van der Waals surface area (Å²) in [5.74, 6) is -1.86. The van der Waals surface area contributed by atoms with Crippen LogP contribution in [0.1, 0.15) is 11.3 Å². The number of nitrogens with one attached hydrogen (secondary N) is 1. The quantitative estimate of drug-likeness (QED) is 0.0887. The molecule has 12 nitrogen and oxygen atoms in total. The van der Waals surface area contributed by atoms with Crippen molar-refractivity contribution in [2.45, 2.75) is 27.0 Å². The Balaban J connectivity index is 1.33. The second kappa shape index (κ2) is 12.1. The number of nitrogen functional groups attached to an aromatic ring is 1. The van der Waals surface area contributed by atoms with Crippen molar-refractivity contribution in [2.24, 2.45) is 5.16 Å². The van der Waals surface area contributed by atoms with Gasteiger partial charge in [0.25, 0.3) is 11.8 Å². The van der Waals surface area contributed by atoms with Gasteiger partial charge in [0.15, 0.2) is 10.8 Å². The standard InChI is InChI=1S/C23H18ClN7O5S4/c24-18-14(29-23(25)40-18)15(30-36)19(32)28-16-20(33)31-17(22(34)35)13(9-38-21(16)31)39-12-3-6-27-7-10(12)8-37-11-1-4-26-5-2-11/h1-7,16,21,36H,8-9H2,(H2,25,29)(H,28,32)(H,34,35)/b30-15-/t16-,21-/m1/s1. The van der Waals surface area contributed by atoms with Crippen molar-refractivity contribution in [2.75, 3.05) is 11.5 Å². The molecule has 1 fully saturated rings. The number of nitrogens with two attached hydrogens (primary N) is 1. The molecule has 3 aromatic rings. The van der Waals surface area contributed by atoms with E-state index in [4.69, 9.17) is 17.3 Å². The lowest BCUT2D eigenvalue weighted by Gasteiger charge is -2.49. The van der Waals surface area contributed by atoms with Crippen molar-refractivity contribution >= 4 is 86.9 Å². The lowest BCUT2D eigenvalue weighted by molar-refractivity contribution is -0.150. The van der Waals surface area contributed by atoms with Gasteiger partial charge in [-0.3, -0.25) is 24.5 Å². The maximum atomic E-state index is 13.1. The summed E-state index contributed by atoms with van der Waals surface area (Å²) in [5.41, 5.74) is 5.75. The van der Waals surface area contributed by atoms with Crippen LogP contribution in [-0.2, 0) is 20.1 Å². The fraction of sp³-hybridized carbons (Fsp3) is 0.174. The van der Waals surface area contributed by atoms with E-state index in [1.807, 2.05) is 18.2 Å². The van der Waals surface area contributed by atoms with Crippen LogP contribution in [0.2, 0.25) is 4.34 Å². The largest absolute Gasteiger partial charge is 0.477 e. The van der Waals surface area contributed by atoms with Gasteiger partial charge in [0.2, 0.25) is 0 Å². The van der Waals surface area contributed by atoms with Crippen molar-refractivity contribution in [1.29, 1.82) is 0 Å². The van der Waals surface area contributed by atoms with Crippen LogP contribution in [0.25, 0.3) is 0 Å². The number of carboxylic acids is 1. The van der Waals surface area contributed by atoms with E-state index in [1.54, 1.807) is 36.5 Å². The molecule has 5 heterocycles. The van der Waals surface area contributed by atoms with Crippen LogP contribution in [-0.4, -0.2) is 70.8 Å². The number of thioether (sulfide) groups is 3. The summed E-state index contributed by atoms with van der Waals surface area (Å²) in [7, 11) is 0. The highest BCUT2D eigenvalue weighted by Crippen LogP contribution is 2.46. The minimum atomic E-state index is -1.25. The number of amides is 2. The number of carboxylic acid groups (broad SMARTS) is 1. The highest BCUT2D eigenvalue weighted by atomic mass is 35.5. The molecule has 3 aromatic heterocycles. The van der Waals surface area contributed by atoms with Crippen LogP contribution >= 0.6 is 58.2 Å². The van der Waals surface area contributed by atoms with Crippen molar-refractivity contribution in [3.8, 4) is 0 Å². The smallest absolute Gasteiger partial charge is 0.353 e. The Labute approximate surface area is 248 Å². The maximum absolute atomic E-state index is 13.1. The molecule has 2 amide bonds. The predicted molar refractivity (Wildman–Crippen MR) is 153 cm³/mol. The zero-order valence-corrected chi connectivity index (χ0v) is 24.1. The second-order valence-corrected chi connectivity index (χ2v) is 13.0. The molecular formula is C23H18ClN7O5S4. The number of fused-ring (bicyclic) bond motifs is 1. The fourth-order valence-electron chi connectivity index (χ4n) is 3.89. The van der Waals surface area contributed by atoms with Gasteiger partial charge in [-0.05, 0) is 23.8 Å². The second-order valence-electron chi connectivity index (χ2n) is 8.12. The van der Waals surface area contributed by atoms with Crippen molar-refractivity contribution in [3.63, 3.8) is 0 Å². The van der Waals surface area contributed by atoms with Crippen LogP contribution in [0.5, 0.6) is 0 Å². The molecule has 0 spiro atoms. The molecule has 1 saturated heterocycles. The summed E-state index contributed by atoms with van der Waals surface area (Å²) in [6, 6.07) is 4.57. The molecule has 40 heavy (non-hydrogen) atoms. The SMILES string of the molecule is Nc1nc(/C(=N/O)C(=O)N[C@@H]2C(=O)N3C(C(=O)O)=C(Sc4ccncc4CSc4ccncc4)CS[C@H]23)c(Cl)s1. The van der Waals surface area contributed by atoms with Crippen molar-refractivity contribution < 1.29 is 24.7 Å². The minimum absolute atomic E-state index is 0.0430. The Morgan fingerprint density at radius 1 is 1.25 bits per heavy atom.